The maximum atomic E-state index is 12.4. The van der Waals surface area contributed by atoms with Gasteiger partial charge in [-0.1, -0.05) is 6.07 Å². The number of carbonyl (C=O) groups excluding carboxylic acids is 2. The summed E-state index contributed by atoms with van der Waals surface area (Å²) < 4.78 is 10.6. The van der Waals surface area contributed by atoms with Crippen LogP contribution in [0, 0.1) is 0 Å². The summed E-state index contributed by atoms with van der Waals surface area (Å²) in [6.45, 7) is 1.24. The number of hydrogen-bond donors (Lipinski definition) is 2. The summed E-state index contributed by atoms with van der Waals surface area (Å²) in [5.74, 6) is 0.233. The maximum absolute atomic E-state index is 12.4. The molecule has 26 heavy (non-hydrogen) atoms. The van der Waals surface area contributed by atoms with E-state index in [1.165, 1.54) is 0 Å². The van der Waals surface area contributed by atoms with E-state index in [0.717, 1.165) is 19.4 Å². The Hall–Kier alpha value is -2.86. The molecule has 1 unspecified atom stereocenters. The molecule has 1 atom stereocenters. The van der Waals surface area contributed by atoms with Crippen molar-refractivity contribution >= 4 is 17.5 Å². The van der Waals surface area contributed by atoms with Gasteiger partial charge in [-0.05, 0) is 55.3 Å². The molecule has 0 aromatic heterocycles. The van der Waals surface area contributed by atoms with Crippen LogP contribution in [0.15, 0.2) is 48.5 Å². The molecule has 1 aliphatic rings. The van der Waals surface area contributed by atoms with Gasteiger partial charge in [0.25, 0.3) is 11.8 Å². The minimum atomic E-state index is -0.274. The smallest absolute Gasteiger partial charge is 0.255 e. The highest BCUT2D eigenvalue weighted by molar-refractivity contribution is 6.06. The quantitative estimate of drug-likeness (QED) is 0.836. The van der Waals surface area contributed by atoms with Crippen molar-refractivity contribution in [2.24, 2.45) is 0 Å². The van der Waals surface area contributed by atoms with E-state index in [1.54, 1.807) is 55.6 Å². The number of methoxy groups -OCH3 is 1. The Morgan fingerprint density at radius 1 is 1.12 bits per heavy atom. The molecule has 3 rings (SSSR count). The van der Waals surface area contributed by atoms with Crippen LogP contribution < -0.4 is 15.4 Å². The number of ether oxygens (including phenoxy) is 2. The topological polar surface area (TPSA) is 76.7 Å². The number of carbonyl (C=O) groups is 2. The molecule has 0 bridgehead atoms. The van der Waals surface area contributed by atoms with Crippen molar-refractivity contribution in [3.8, 4) is 5.75 Å². The van der Waals surface area contributed by atoms with Gasteiger partial charge in [-0.3, -0.25) is 9.59 Å². The molecule has 1 heterocycles. The van der Waals surface area contributed by atoms with E-state index in [2.05, 4.69) is 10.6 Å². The van der Waals surface area contributed by atoms with Gasteiger partial charge in [0, 0.05) is 30.0 Å². The first-order valence-electron chi connectivity index (χ1n) is 8.61. The Morgan fingerprint density at radius 3 is 2.50 bits per heavy atom. The van der Waals surface area contributed by atoms with Gasteiger partial charge in [0.2, 0.25) is 0 Å². The SMILES string of the molecule is COc1ccc(NC(=O)c2cccc(C(=O)NCC3CCCO3)c2)cc1. The van der Waals surface area contributed by atoms with Crippen LogP contribution in [-0.4, -0.2) is 38.2 Å². The van der Waals surface area contributed by atoms with Gasteiger partial charge in [-0.25, -0.2) is 0 Å². The van der Waals surface area contributed by atoms with Gasteiger partial charge in [-0.2, -0.15) is 0 Å². The van der Waals surface area contributed by atoms with E-state index < -0.39 is 0 Å². The molecule has 1 fully saturated rings. The van der Waals surface area contributed by atoms with Crippen molar-refractivity contribution in [2.75, 3.05) is 25.6 Å². The van der Waals surface area contributed by atoms with Crippen molar-refractivity contribution in [3.63, 3.8) is 0 Å². The van der Waals surface area contributed by atoms with Crippen LogP contribution in [0.25, 0.3) is 0 Å². The van der Waals surface area contributed by atoms with Crippen molar-refractivity contribution < 1.29 is 19.1 Å². The van der Waals surface area contributed by atoms with Crippen LogP contribution in [0.1, 0.15) is 33.6 Å². The van der Waals surface area contributed by atoms with Crippen LogP contribution in [0.5, 0.6) is 5.75 Å². The molecule has 2 amide bonds. The lowest BCUT2D eigenvalue weighted by atomic mass is 10.1. The summed E-state index contributed by atoms with van der Waals surface area (Å²) in [7, 11) is 1.59. The summed E-state index contributed by atoms with van der Waals surface area (Å²) in [4.78, 5) is 24.7. The van der Waals surface area contributed by atoms with Gasteiger partial charge in [0.15, 0.2) is 0 Å². The molecule has 2 N–H and O–H groups in total. The summed E-state index contributed by atoms with van der Waals surface area (Å²) in [6, 6.07) is 13.7. The molecule has 0 radical (unpaired) electrons. The number of rotatable bonds is 6. The molecule has 1 saturated heterocycles. The summed E-state index contributed by atoms with van der Waals surface area (Å²) >= 11 is 0. The van der Waals surface area contributed by atoms with Gasteiger partial charge >= 0.3 is 0 Å². The third-order valence-corrected chi connectivity index (χ3v) is 4.25. The minimum absolute atomic E-state index is 0.0838. The first-order chi connectivity index (χ1) is 12.7. The normalized spacial score (nSPS) is 16.1. The Labute approximate surface area is 152 Å². The van der Waals surface area contributed by atoms with Crippen LogP contribution >= 0.6 is 0 Å². The number of benzene rings is 2. The second-order valence-electron chi connectivity index (χ2n) is 6.11. The van der Waals surface area contributed by atoms with Crippen LogP contribution in [0.3, 0.4) is 0 Å². The predicted molar refractivity (Wildman–Crippen MR) is 98.7 cm³/mol. The number of nitrogens with one attached hydrogen (secondary N) is 2. The molecule has 2 aromatic rings. The van der Waals surface area contributed by atoms with Gasteiger partial charge < -0.3 is 20.1 Å². The second-order valence-corrected chi connectivity index (χ2v) is 6.11. The first kappa shape index (κ1) is 17.9. The minimum Gasteiger partial charge on any atom is -0.497 e. The molecule has 2 aromatic carbocycles. The summed E-state index contributed by atoms with van der Waals surface area (Å²) in [5.41, 5.74) is 1.53. The molecular formula is C20H22N2O4. The highest BCUT2D eigenvalue weighted by Crippen LogP contribution is 2.16. The highest BCUT2D eigenvalue weighted by Gasteiger charge is 2.17. The average Bonchev–Trinajstić information content (AvgIpc) is 3.20. The zero-order chi connectivity index (χ0) is 18.4. The number of anilines is 1. The fourth-order valence-corrected chi connectivity index (χ4v) is 2.79. The summed E-state index contributed by atoms with van der Waals surface area (Å²) in [6.07, 6.45) is 2.08. The molecule has 6 nitrogen and oxygen atoms in total. The standard InChI is InChI=1S/C20H22N2O4/c1-25-17-9-7-16(8-10-17)22-20(24)15-5-2-4-14(12-15)19(23)21-13-18-6-3-11-26-18/h2,4-5,7-10,12,18H,3,6,11,13H2,1H3,(H,21,23)(H,22,24). The van der Waals surface area contributed by atoms with Crippen molar-refractivity contribution in [2.45, 2.75) is 18.9 Å². The van der Waals surface area contributed by atoms with Crippen molar-refractivity contribution in [1.29, 1.82) is 0 Å². The Bertz CT molecular complexity index is 768. The number of amides is 2. The molecule has 0 aliphatic carbocycles. The van der Waals surface area contributed by atoms with E-state index in [1.807, 2.05) is 0 Å². The molecular weight excluding hydrogens is 332 g/mol. The van der Waals surface area contributed by atoms with Crippen molar-refractivity contribution in [1.82, 2.24) is 5.32 Å². The predicted octanol–water partition coefficient (Wildman–Crippen LogP) is 2.86. The lowest BCUT2D eigenvalue weighted by molar-refractivity contribution is 0.0858. The Morgan fingerprint density at radius 2 is 1.85 bits per heavy atom. The summed E-state index contributed by atoms with van der Waals surface area (Å²) in [5, 5.41) is 5.67. The van der Waals surface area contributed by atoms with E-state index in [4.69, 9.17) is 9.47 Å². The van der Waals surface area contributed by atoms with E-state index in [9.17, 15) is 9.59 Å². The van der Waals surface area contributed by atoms with E-state index in [-0.39, 0.29) is 17.9 Å². The first-order valence-corrected chi connectivity index (χ1v) is 8.61. The van der Waals surface area contributed by atoms with Crippen LogP contribution in [0.4, 0.5) is 5.69 Å². The second kappa shape index (κ2) is 8.49. The van der Waals surface area contributed by atoms with Gasteiger partial charge in [0.05, 0.1) is 13.2 Å². The van der Waals surface area contributed by atoms with Crippen LogP contribution in [0.2, 0.25) is 0 Å². The maximum Gasteiger partial charge on any atom is 0.255 e. The van der Waals surface area contributed by atoms with Crippen LogP contribution in [-0.2, 0) is 4.74 Å². The third kappa shape index (κ3) is 4.61. The molecule has 1 aliphatic heterocycles. The highest BCUT2D eigenvalue weighted by atomic mass is 16.5. The largest absolute Gasteiger partial charge is 0.497 e. The van der Waals surface area contributed by atoms with E-state index >= 15 is 0 Å². The van der Waals surface area contributed by atoms with E-state index in [0.29, 0.717) is 29.1 Å². The molecule has 0 saturated carbocycles. The molecule has 136 valence electrons. The lowest BCUT2D eigenvalue weighted by Crippen LogP contribution is -2.31. The zero-order valence-electron chi connectivity index (χ0n) is 14.7. The number of hydrogen-bond acceptors (Lipinski definition) is 4. The van der Waals surface area contributed by atoms with Gasteiger partial charge in [0.1, 0.15) is 5.75 Å². The third-order valence-electron chi connectivity index (χ3n) is 4.25. The Balaban J connectivity index is 1.61. The Kier molecular flexibility index (Phi) is 5.86. The fourth-order valence-electron chi connectivity index (χ4n) is 2.79. The monoisotopic (exact) mass is 354 g/mol. The van der Waals surface area contributed by atoms with Gasteiger partial charge in [-0.15, -0.1) is 0 Å². The lowest BCUT2D eigenvalue weighted by Gasteiger charge is -2.11. The fraction of sp³-hybridized carbons (Fsp3) is 0.300. The average molecular weight is 354 g/mol. The zero-order valence-corrected chi connectivity index (χ0v) is 14.7. The van der Waals surface area contributed by atoms with Crippen molar-refractivity contribution in [3.05, 3.63) is 59.7 Å². The molecule has 0 spiro atoms. The molecule has 6 heteroatoms.